The van der Waals surface area contributed by atoms with Gasteiger partial charge in [-0.1, -0.05) is 13.2 Å². The fraction of sp³-hybridized carbons (Fsp3) is 0.100. The van der Waals surface area contributed by atoms with Gasteiger partial charge in [-0.3, -0.25) is 0 Å². The van der Waals surface area contributed by atoms with Gasteiger partial charge in [0.25, 0.3) is 0 Å². The molecule has 2 heteroatoms. The Morgan fingerprint density at radius 1 is 1.33 bits per heavy atom. The lowest BCUT2D eigenvalue weighted by Crippen LogP contribution is -2.13. The Bertz CT molecular complexity index is 524. The lowest BCUT2D eigenvalue weighted by molar-refractivity contribution is 1.27. The molecule has 0 saturated heterocycles. The van der Waals surface area contributed by atoms with Gasteiger partial charge in [-0.2, -0.15) is 0 Å². The molecular formula is C10H9NS. The molecule has 0 saturated carbocycles. The highest BCUT2D eigenvalue weighted by Crippen LogP contribution is 2.09. The minimum Gasteiger partial charge on any atom is -0.242 e. The van der Waals surface area contributed by atoms with Crippen LogP contribution in [0.2, 0.25) is 0 Å². The van der Waals surface area contributed by atoms with E-state index >= 15 is 0 Å². The van der Waals surface area contributed by atoms with E-state index in [1.54, 1.807) is 11.3 Å². The van der Waals surface area contributed by atoms with Crippen molar-refractivity contribution in [1.29, 1.82) is 0 Å². The Balaban J connectivity index is 3.07. The summed E-state index contributed by atoms with van der Waals surface area (Å²) in [5.74, 6) is 0. The maximum absolute atomic E-state index is 4.40. The zero-order valence-corrected chi connectivity index (χ0v) is 7.74. The lowest BCUT2D eigenvalue weighted by Gasteiger charge is -1.89. The number of fused-ring (bicyclic) bond motifs is 1. The Morgan fingerprint density at radius 2 is 2.08 bits per heavy atom. The first-order chi connectivity index (χ1) is 5.68. The summed E-state index contributed by atoms with van der Waals surface area (Å²) in [6, 6.07) is 4.06. The summed E-state index contributed by atoms with van der Waals surface area (Å²) in [6.07, 6.45) is 0. The molecule has 2 aromatic heterocycles. The van der Waals surface area contributed by atoms with E-state index in [4.69, 9.17) is 0 Å². The molecule has 12 heavy (non-hydrogen) atoms. The summed E-state index contributed by atoms with van der Waals surface area (Å²) in [4.78, 5) is 5.44. The maximum Gasteiger partial charge on any atom is 0.124 e. The number of pyridine rings is 1. The number of rotatable bonds is 0. The van der Waals surface area contributed by atoms with Gasteiger partial charge in [0.2, 0.25) is 0 Å². The quantitative estimate of drug-likeness (QED) is 0.590. The van der Waals surface area contributed by atoms with Crippen LogP contribution in [0.4, 0.5) is 0 Å². The highest BCUT2D eigenvalue weighted by atomic mass is 32.1. The zero-order chi connectivity index (χ0) is 8.72. The number of hydrogen-bond donors (Lipinski definition) is 0. The Labute approximate surface area is 74.7 Å². The van der Waals surface area contributed by atoms with Crippen LogP contribution in [0.15, 0.2) is 12.1 Å². The topological polar surface area (TPSA) is 12.9 Å². The summed E-state index contributed by atoms with van der Waals surface area (Å²) >= 11 is 1.61. The SMILES string of the molecule is C=c1sc2nc(C)ccc2c1=C. The minimum absolute atomic E-state index is 1.02. The molecule has 2 heterocycles. The van der Waals surface area contributed by atoms with Crippen molar-refractivity contribution in [2.75, 3.05) is 0 Å². The van der Waals surface area contributed by atoms with Crippen molar-refractivity contribution >= 4 is 34.7 Å². The van der Waals surface area contributed by atoms with Gasteiger partial charge in [0.15, 0.2) is 0 Å². The van der Waals surface area contributed by atoms with E-state index < -0.39 is 0 Å². The van der Waals surface area contributed by atoms with Gasteiger partial charge in [-0.15, -0.1) is 11.3 Å². The number of hydrogen-bond acceptors (Lipinski definition) is 2. The molecule has 2 aromatic rings. The highest BCUT2D eigenvalue weighted by molar-refractivity contribution is 7.16. The lowest BCUT2D eigenvalue weighted by atomic mass is 10.3. The molecule has 0 radical (unpaired) electrons. The smallest absolute Gasteiger partial charge is 0.124 e. The van der Waals surface area contributed by atoms with Crippen LogP contribution in [-0.4, -0.2) is 4.98 Å². The first kappa shape index (κ1) is 7.50. The Kier molecular flexibility index (Phi) is 1.51. The number of nitrogens with zero attached hydrogens (tertiary/aromatic N) is 1. The molecule has 2 rings (SSSR count). The molecule has 0 aromatic carbocycles. The van der Waals surface area contributed by atoms with Crippen molar-refractivity contribution in [2.24, 2.45) is 0 Å². The van der Waals surface area contributed by atoms with Crippen LogP contribution in [0, 0.1) is 6.92 Å². The molecule has 1 nitrogen and oxygen atoms in total. The van der Waals surface area contributed by atoms with Gasteiger partial charge in [0, 0.05) is 15.6 Å². The number of thiophene rings is 1. The second-order valence-electron chi connectivity index (χ2n) is 2.81. The molecule has 0 aliphatic heterocycles. The Hall–Kier alpha value is -1.15. The largest absolute Gasteiger partial charge is 0.242 e. The van der Waals surface area contributed by atoms with E-state index in [9.17, 15) is 0 Å². The van der Waals surface area contributed by atoms with Crippen molar-refractivity contribution in [3.05, 3.63) is 27.6 Å². The first-order valence-corrected chi connectivity index (χ1v) is 4.54. The molecule has 0 aliphatic rings. The van der Waals surface area contributed by atoms with Gasteiger partial charge in [0.1, 0.15) is 4.83 Å². The van der Waals surface area contributed by atoms with Crippen molar-refractivity contribution in [1.82, 2.24) is 4.98 Å². The van der Waals surface area contributed by atoms with Crippen LogP contribution in [-0.2, 0) is 0 Å². The summed E-state index contributed by atoms with van der Waals surface area (Å²) in [6.45, 7) is 9.84. The predicted molar refractivity (Wildman–Crippen MR) is 54.7 cm³/mol. The van der Waals surface area contributed by atoms with Gasteiger partial charge in [-0.05, 0) is 24.3 Å². The van der Waals surface area contributed by atoms with Crippen molar-refractivity contribution < 1.29 is 0 Å². The fourth-order valence-electron chi connectivity index (χ4n) is 1.17. The summed E-state index contributed by atoms with van der Waals surface area (Å²) < 4.78 is 1.02. The van der Waals surface area contributed by atoms with Gasteiger partial charge in [0.05, 0.1) is 0 Å². The van der Waals surface area contributed by atoms with Gasteiger partial charge >= 0.3 is 0 Å². The second-order valence-corrected chi connectivity index (χ2v) is 3.89. The standard InChI is InChI=1S/C10H9NS/c1-6-4-5-9-7(2)8(3)12-10(9)11-6/h4-5H,2-3H2,1H3. The normalized spacial score (nSPS) is 10.8. The van der Waals surface area contributed by atoms with Crippen LogP contribution >= 0.6 is 11.3 Å². The average molecular weight is 175 g/mol. The first-order valence-electron chi connectivity index (χ1n) is 3.72. The van der Waals surface area contributed by atoms with Crippen LogP contribution in [0.3, 0.4) is 0 Å². The molecule has 0 unspecified atom stereocenters. The molecule has 0 N–H and O–H groups in total. The zero-order valence-electron chi connectivity index (χ0n) is 6.92. The molecule has 0 aliphatic carbocycles. The van der Waals surface area contributed by atoms with Gasteiger partial charge in [-0.25, -0.2) is 4.98 Å². The monoisotopic (exact) mass is 175 g/mol. The predicted octanol–water partition coefficient (Wildman–Crippen LogP) is 1.43. The molecular weight excluding hydrogens is 166 g/mol. The third-order valence-corrected chi connectivity index (χ3v) is 2.88. The van der Waals surface area contributed by atoms with Crippen LogP contribution in [0.1, 0.15) is 5.69 Å². The van der Waals surface area contributed by atoms with Crippen molar-refractivity contribution in [3.63, 3.8) is 0 Å². The molecule has 0 fully saturated rings. The minimum atomic E-state index is 1.02. The molecule has 0 atom stereocenters. The molecule has 0 spiro atoms. The third-order valence-electron chi connectivity index (χ3n) is 1.88. The van der Waals surface area contributed by atoms with E-state index in [1.807, 2.05) is 13.0 Å². The average Bonchev–Trinajstić information content (AvgIpc) is 2.28. The van der Waals surface area contributed by atoms with Crippen LogP contribution in [0.25, 0.3) is 23.4 Å². The van der Waals surface area contributed by atoms with E-state index in [1.165, 1.54) is 0 Å². The number of aromatic nitrogens is 1. The fourth-order valence-corrected chi connectivity index (χ4v) is 2.13. The van der Waals surface area contributed by atoms with E-state index in [0.29, 0.717) is 0 Å². The summed E-state index contributed by atoms with van der Waals surface area (Å²) in [7, 11) is 0. The van der Waals surface area contributed by atoms with E-state index in [2.05, 4.69) is 24.2 Å². The van der Waals surface area contributed by atoms with Gasteiger partial charge < -0.3 is 0 Å². The van der Waals surface area contributed by atoms with Crippen LogP contribution < -0.4 is 9.75 Å². The summed E-state index contributed by atoms with van der Waals surface area (Å²) in [5, 5.41) is 2.15. The Morgan fingerprint density at radius 3 is 2.83 bits per heavy atom. The van der Waals surface area contributed by atoms with E-state index in [-0.39, 0.29) is 0 Å². The third kappa shape index (κ3) is 0.959. The highest BCUT2D eigenvalue weighted by Gasteiger charge is 1.98. The molecule has 0 bridgehead atoms. The van der Waals surface area contributed by atoms with Crippen molar-refractivity contribution in [2.45, 2.75) is 6.92 Å². The van der Waals surface area contributed by atoms with E-state index in [0.717, 1.165) is 25.7 Å². The molecule has 60 valence electrons. The summed E-state index contributed by atoms with van der Waals surface area (Å²) in [5.41, 5.74) is 1.05. The van der Waals surface area contributed by atoms with Crippen LogP contribution in [0.5, 0.6) is 0 Å². The maximum atomic E-state index is 4.40. The second kappa shape index (κ2) is 2.42. The van der Waals surface area contributed by atoms with Crippen molar-refractivity contribution in [3.8, 4) is 0 Å². The number of aryl methyl sites for hydroxylation is 1. The molecule has 0 amide bonds.